The van der Waals surface area contributed by atoms with E-state index < -0.39 is 6.04 Å². The molecule has 3 amide bonds. The summed E-state index contributed by atoms with van der Waals surface area (Å²) >= 11 is 0. The van der Waals surface area contributed by atoms with Gasteiger partial charge in [-0.15, -0.1) is 0 Å². The predicted molar refractivity (Wildman–Crippen MR) is 137 cm³/mol. The molecule has 0 spiro atoms. The lowest BCUT2D eigenvalue weighted by Crippen LogP contribution is -2.46. The van der Waals surface area contributed by atoms with Crippen LogP contribution in [0.25, 0.3) is 0 Å². The van der Waals surface area contributed by atoms with Crippen molar-refractivity contribution in [1.82, 2.24) is 4.90 Å². The van der Waals surface area contributed by atoms with Crippen molar-refractivity contribution < 1.29 is 19.1 Å². The fourth-order valence-electron chi connectivity index (χ4n) is 4.86. The smallest absolute Gasteiger partial charge is 0.257 e. The number of benzene rings is 2. The second-order valence-electron chi connectivity index (χ2n) is 9.62. The van der Waals surface area contributed by atoms with E-state index >= 15 is 0 Å². The first kappa shape index (κ1) is 24.7. The van der Waals surface area contributed by atoms with Crippen molar-refractivity contribution >= 4 is 23.4 Å². The minimum Gasteiger partial charge on any atom is -0.497 e. The third-order valence-electron chi connectivity index (χ3n) is 6.95. The predicted octanol–water partition coefficient (Wildman–Crippen LogP) is 5.48. The number of hydrogen-bond donors (Lipinski definition) is 0. The minimum absolute atomic E-state index is 0.0144. The van der Waals surface area contributed by atoms with E-state index in [1.807, 2.05) is 24.3 Å². The van der Waals surface area contributed by atoms with Crippen LogP contribution in [-0.4, -0.2) is 42.3 Å². The van der Waals surface area contributed by atoms with Gasteiger partial charge in [-0.05, 0) is 73.9 Å². The molecule has 1 aliphatic carbocycles. The highest BCUT2D eigenvalue weighted by Crippen LogP contribution is 2.30. The molecule has 1 saturated heterocycles. The van der Waals surface area contributed by atoms with E-state index in [1.165, 1.54) is 16.9 Å². The molecule has 35 heavy (non-hydrogen) atoms. The summed E-state index contributed by atoms with van der Waals surface area (Å²) in [4.78, 5) is 43.1. The number of nitrogens with zero attached hydrogens (tertiary/aromatic N) is 2. The Hall–Kier alpha value is -3.41. The van der Waals surface area contributed by atoms with E-state index in [1.54, 1.807) is 36.3 Å². The van der Waals surface area contributed by atoms with Gasteiger partial charge in [0, 0.05) is 12.1 Å². The lowest BCUT2D eigenvalue weighted by Gasteiger charge is -2.29. The summed E-state index contributed by atoms with van der Waals surface area (Å²) in [6.45, 7) is 4.59. The Morgan fingerprint density at radius 3 is 2.54 bits per heavy atom. The Kier molecular flexibility index (Phi) is 7.69. The van der Waals surface area contributed by atoms with Gasteiger partial charge in [-0.3, -0.25) is 14.4 Å². The van der Waals surface area contributed by atoms with Gasteiger partial charge in [0.2, 0.25) is 5.91 Å². The van der Waals surface area contributed by atoms with Gasteiger partial charge in [-0.1, -0.05) is 43.7 Å². The molecule has 0 bridgehead atoms. The molecule has 1 atom stereocenters. The molecule has 0 radical (unpaired) electrons. The van der Waals surface area contributed by atoms with Gasteiger partial charge in [0.05, 0.1) is 19.2 Å². The van der Waals surface area contributed by atoms with Crippen LogP contribution in [0.4, 0.5) is 5.69 Å². The maximum absolute atomic E-state index is 13.7. The molecule has 4 rings (SSSR count). The standard InChI is InChI=1S/C29H34N2O4/c1-20(2)22-12-14-24(15-13-22)31-27(32)19-26(29(31)34)30(17-16-21-8-5-4-6-9-21)28(33)23-10-7-11-25(18-23)35-3/h7-8,10-15,18,20,26H,4-6,9,16-17,19H2,1-3H3. The van der Waals surface area contributed by atoms with E-state index in [2.05, 4.69) is 19.9 Å². The fourth-order valence-corrected chi connectivity index (χ4v) is 4.86. The van der Waals surface area contributed by atoms with E-state index in [0.717, 1.165) is 24.8 Å². The van der Waals surface area contributed by atoms with Crippen molar-refractivity contribution in [3.8, 4) is 5.75 Å². The molecule has 6 heteroatoms. The number of rotatable bonds is 8. The average molecular weight is 475 g/mol. The topological polar surface area (TPSA) is 66.9 Å². The van der Waals surface area contributed by atoms with Crippen molar-refractivity contribution in [1.29, 1.82) is 0 Å². The summed E-state index contributed by atoms with van der Waals surface area (Å²) in [7, 11) is 1.55. The molecule has 0 saturated carbocycles. The van der Waals surface area contributed by atoms with Crippen LogP contribution < -0.4 is 9.64 Å². The molecule has 1 heterocycles. The summed E-state index contributed by atoms with van der Waals surface area (Å²) in [5, 5.41) is 0. The van der Waals surface area contributed by atoms with Crippen molar-refractivity contribution in [3.05, 3.63) is 71.3 Å². The van der Waals surface area contributed by atoms with Crippen molar-refractivity contribution in [2.75, 3.05) is 18.6 Å². The summed E-state index contributed by atoms with van der Waals surface area (Å²) in [5.74, 6) is 0.0422. The van der Waals surface area contributed by atoms with Crippen molar-refractivity contribution in [2.24, 2.45) is 0 Å². The van der Waals surface area contributed by atoms with Crippen molar-refractivity contribution in [2.45, 2.75) is 64.3 Å². The lowest BCUT2D eigenvalue weighted by molar-refractivity contribution is -0.122. The Morgan fingerprint density at radius 1 is 1.11 bits per heavy atom. The van der Waals surface area contributed by atoms with Crippen LogP contribution in [-0.2, 0) is 9.59 Å². The minimum atomic E-state index is -0.824. The molecular formula is C29H34N2O4. The molecule has 2 aromatic carbocycles. The van der Waals surface area contributed by atoms with Crippen LogP contribution in [0.2, 0.25) is 0 Å². The van der Waals surface area contributed by atoms with Crippen LogP contribution in [0.1, 0.15) is 74.2 Å². The third-order valence-corrected chi connectivity index (χ3v) is 6.95. The number of amides is 3. The number of hydrogen-bond acceptors (Lipinski definition) is 4. The second kappa shape index (κ2) is 10.9. The molecule has 2 aromatic rings. The van der Waals surface area contributed by atoms with Gasteiger partial charge in [0.25, 0.3) is 11.8 Å². The van der Waals surface area contributed by atoms with Crippen molar-refractivity contribution in [3.63, 3.8) is 0 Å². The third kappa shape index (κ3) is 5.47. The normalized spacial score (nSPS) is 18.1. The molecule has 0 aromatic heterocycles. The summed E-state index contributed by atoms with van der Waals surface area (Å²) in [5.41, 5.74) is 3.45. The highest BCUT2D eigenvalue weighted by molar-refractivity contribution is 6.23. The quantitative estimate of drug-likeness (QED) is 0.375. The fraction of sp³-hybridized carbons (Fsp3) is 0.414. The monoisotopic (exact) mass is 474 g/mol. The van der Waals surface area contributed by atoms with E-state index in [4.69, 9.17) is 4.74 Å². The van der Waals surface area contributed by atoms with Gasteiger partial charge in [0.1, 0.15) is 11.8 Å². The largest absolute Gasteiger partial charge is 0.497 e. The molecule has 2 aliphatic rings. The van der Waals surface area contributed by atoms with Crippen LogP contribution in [0.3, 0.4) is 0 Å². The number of anilines is 1. The van der Waals surface area contributed by atoms with Gasteiger partial charge in [-0.25, -0.2) is 4.90 Å². The first-order valence-corrected chi connectivity index (χ1v) is 12.5. The Balaban J connectivity index is 1.61. The molecule has 0 N–H and O–H groups in total. The first-order chi connectivity index (χ1) is 16.9. The van der Waals surface area contributed by atoms with Gasteiger partial charge in [-0.2, -0.15) is 0 Å². The Labute approximate surface area is 207 Å². The van der Waals surface area contributed by atoms with Crippen LogP contribution in [0, 0.1) is 0 Å². The Bertz CT molecular complexity index is 1120. The zero-order valence-corrected chi connectivity index (χ0v) is 20.8. The van der Waals surface area contributed by atoms with E-state index in [0.29, 0.717) is 35.9 Å². The second-order valence-corrected chi connectivity index (χ2v) is 9.62. The zero-order chi connectivity index (χ0) is 24.9. The number of imide groups is 1. The maximum atomic E-state index is 13.7. The number of allylic oxidation sites excluding steroid dienone is 1. The lowest BCUT2D eigenvalue weighted by atomic mass is 9.96. The van der Waals surface area contributed by atoms with Crippen LogP contribution in [0.5, 0.6) is 5.75 Å². The molecular weight excluding hydrogens is 440 g/mol. The van der Waals surface area contributed by atoms with Crippen LogP contribution >= 0.6 is 0 Å². The summed E-state index contributed by atoms with van der Waals surface area (Å²) in [6.07, 6.45) is 7.36. The molecule has 6 nitrogen and oxygen atoms in total. The Morgan fingerprint density at radius 2 is 1.89 bits per heavy atom. The molecule has 1 aliphatic heterocycles. The van der Waals surface area contributed by atoms with E-state index in [-0.39, 0.29) is 24.1 Å². The highest BCUT2D eigenvalue weighted by Gasteiger charge is 2.44. The number of ether oxygens (including phenoxy) is 1. The number of methoxy groups -OCH3 is 1. The van der Waals surface area contributed by atoms with Crippen LogP contribution in [0.15, 0.2) is 60.2 Å². The summed E-state index contributed by atoms with van der Waals surface area (Å²) in [6, 6.07) is 13.6. The first-order valence-electron chi connectivity index (χ1n) is 12.5. The number of carbonyl (C=O) groups excluding carboxylic acids is 3. The number of carbonyl (C=O) groups is 3. The zero-order valence-electron chi connectivity index (χ0n) is 20.8. The molecule has 184 valence electrons. The van der Waals surface area contributed by atoms with Gasteiger partial charge < -0.3 is 9.64 Å². The summed E-state index contributed by atoms with van der Waals surface area (Å²) < 4.78 is 5.30. The molecule has 1 unspecified atom stereocenters. The average Bonchev–Trinajstić information content (AvgIpc) is 3.18. The highest BCUT2D eigenvalue weighted by atomic mass is 16.5. The maximum Gasteiger partial charge on any atom is 0.257 e. The van der Waals surface area contributed by atoms with E-state index in [9.17, 15) is 14.4 Å². The molecule has 1 fully saturated rings. The van der Waals surface area contributed by atoms with Gasteiger partial charge in [0.15, 0.2) is 0 Å². The van der Waals surface area contributed by atoms with Gasteiger partial charge >= 0.3 is 0 Å². The SMILES string of the molecule is COc1cccc(C(=O)N(CCC2=CCCCC2)C2CC(=O)N(c3ccc(C(C)C)cc3)C2=O)c1.